The predicted molar refractivity (Wildman–Crippen MR) is 121 cm³/mol. The van der Waals surface area contributed by atoms with Crippen LogP contribution in [0.4, 0.5) is 9.18 Å². The highest BCUT2D eigenvalue weighted by atomic mass is 35.5. The van der Waals surface area contributed by atoms with Crippen molar-refractivity contribution in [3.8, 4) is 11.1 Å². The van der Waals surface area contributed by atoms with Gasteiger partial charge in [-0.2, -0.15) is 0 Å². The summed E-state index contributed by atoms with van der Waals surface area (Å²) in [6.45, 7) is 1.48. The smallest absolute Gasteiger partial charge is 0.407 e. The van der Waals surface area contributed by atoms with E-state index in [0.29, 0.717) is 18.7 Å². The summed E-state index contributed by atoms with van der Waals surface area (Å²) < 4.78 is 19.9. The van der Waals surface area contributed by atoms with Crippen LogP contribution in [0.3, 0.4) is 0 Å². The second-order valence-corrected chi connectivity index (χ2v) is 7.86. The molecule has 2 atom stereocenters. The molecule has 4 nitrogen and oxygen atoms in total. The molecule has 2 aliphatic rings. The van der Waals surface area contributed by atoms with Crippen molar-refractivity contribution in [2.24, 2.45) is 0 Å². The maximum Gasteiger partial charge on any atom is 0.407 e. The van der Waals surface area contributed by atoms with Gasteiger partial charge < -0.3 is 15.4 Å². The number of hydrogen-bond acceptors (Lipinski definition) is 3. The van der Waals surface area contributed by atoms with Gasteiger partial charge >= 0.3 is 6.09 Å². The van der Waals surface area contributed by atoms with Crippen molar-refractivity contribution in [1.82, 2.24) is 10.6 Å². The highest BCUT2D eigenvalue weighted by molar-refractivity contribution is 5.85. The van der Waals surface area contributed by atoms with Gasteiger partial charge in [-0.15, -0.1) is 12.4 Å². The molecule has 2 N–H and O–H groups in total. The van der Waals surface area contributed by atoms with Gasteiger partial charge in [0.15, 0.2) is 0 Å². The van der Waals surface area contributed by atoms with E-state index < -0.39 is 6.09 Å². The fourth-order valence-electron chi connectivity index (χ4n) is 4.72. The molecule has 3 aromatic rings. The summed E-state index contributed by atoms with van der Waals surface area (Å²) in [5.74, 6) is -0.343. The van der Waals surface area contributed by atoms with Crippen molar-refractivity contribution in [2.45, 2.75) is 17.9 Å². The maximum absolute atomic E-state index is 14.2. The summed E-state index contributed by atoms with van der Waals surface area (Å²) in [5, 5.41) is 6.18. The summed E-state index contributed by atoms with van der Waals surface area (Å²) in [6.07, 6.45) is -0.466. The topological polar surface area (TPSA) is 50.4 Å². The number of amides is 1. The Labute approximate surface area is 187 Å². The van der Waals surface area contributed by atoms with E-state index in [-0.39, 0.29) is 42.7 Å². The van der Waals surface area contributed by atoms with Crippen molar-refractivity contribution in [3.05, 3.63) is 95.3 Å². The van der Waals surface area contributed by atoms with E-state index in [2.05, 4.69) is 34.9 Å². The van der Waals surface area contributed by atoms with Crippen LogP contribution in [0, 0.1) is 5.82 Å². The molecule has 3 aromatic carbocycles. The predicted octanol–water partition coefficient (Wildman–Crippen LogP) is 4.84. The molecule has 1 aliphatic heterocycles. The van der Waals surface area contributed by atoms with Crippen LogP contribution in [-0.4, -0.2) is 31.8 Å². The van der Waals surface area contributed by atoms with Crippen LogP contribution >= 0.6 is 12.4 Å². The van der Waals surface area contributed by atoms with Crippen molar-refractivity contribution in [2.75, 3.05) is 19.7 Å². The van der Waals surface area contributed by atoms with E-state index in [1.165, 1.54) is 28.3 Å². The van der Waals surface area contributed by atoms with Crippen LogP contribution in [0.25, 0.3) is 11.1 Å². The minimum atomic E-state index is -0.466. The highest BCUT2D eigenvalue weighted by Gasteiger charge is 2.33. The third kappa shape index (κ3) is 4.03. The van der Waals surface area contributed by atoms with Gasteiger partial charge in [-0.05, 0) is 33.9 Å². The Morgan fingerprint density at radius 2 is 1.48 bits per heavy atom. The fraction of sp³-hybridized carbons (Fsp3) is 0.240. The zero-order valence-corrected chi connectivity index (χ0v) is 17.7. The second-order valence-electron chi connectivity index (χ2n) is 7.86. The lowest BCUT2D eigenvalue weighted by atomic mass is 9.94. The van der Waals surface area contributed by atoms with E-state index in [4.69, 9.17) is 4.74 Å². The summed E-state index contributed by atoms with van der Waals surface area (Å²) in [7, 11) is 0. The first kappa shape index (κ1) is 21.3. The van der Waals surface area contributed by atoms with Crippen LogP contribution < -0.4 is 10.6 Å². The zero-order valence-electron chi connectivity index (χ0n) is 16.9. The second kappa shape index (κ2) is 9.08. The summed E-state index contributed by atoms with van der Waals surface area (Å²) in [5.41, 5.74) is 5.37. The van der Waals surface area contributed by atoms with Gasteiger partial charge in [0.05, 0.1) is 6.04 Å². The van der Waals surface area contributed by atoms with E-state index >= 15 is 0 Å². The molecule has 0 spiro atoms. The largest absolute Gasteiger partial charge is 0.449 e. The highest BCUT2D eigenvalue weighted by Crippen LogP contribution is 2.44. The molecule has 160 valence electrons. The van der Waals surface area contributed by atoms with E-state index in [9.17, 15) is 9.18 Å². The monoisotopic (exact) mass is 438 g/mol. The third-order valence-corrected chi connectivity index (χ3v) is 6.17. The number of rotatable bonds is 4. The molecule has 6 heteroatoms. The molecule has 1 aliphatic carbocycles. The minimum Gasteiger partial charge on any atom is -0.449 e. The molecule has 0 radical (unpaired) electrons. The zero-order chi connectivity index (χ0) is 20.5. The van der Waals surface area contributed by atoms with Gasteiger partial charge in [0.25, 0.3) is 0 Å². The number of hydrogen-bond donors (Lipinski definition) is 2. The number of alkyl carbamates (subject to hydrolysis) is 1. The molecule has 0 aromatic heterocycles. The van der Waals surface area contributed by atoms with Crippen LogP contribution in [-0.2, 0) is 4.74 Å². The Morgan fingerprint density at radius 1 is 0.903 bits per heavy atom. The summed E-state index contributed by atoms with van der Waals surface area (Å²) in [4.78, 5) is 12.6. The fourth-order valence-corrected chi connectivity index (χ4v) is 4.72. The Morgan fingerprint density at radius 3 is 2.13 bits per heavy atom. The van der Waals surface area contributed by atoms with Crippen molar-refractivity contribution in [3.63, 3.8) is 0 Å². The molecule has 0 unspecified atom stereocenters. The van der Waals surface area contributed by atoms with Gasteiger partial charge in [0.1, 0.15) is 12.4 Å². The molecule has 5 rings (SSSR count). The number of carbonyl (C=O) groups excluding carboxylic acids is 1. The first-order valence-electron chi connectivity index (χ1n) is 10.3. The lowest BCUT2D eigenvalue weighted by Gasteiger charge is -2.21. The normalized spacial score (nSPS) is 19.3. The summed E-state index contributed by atoms with van der Waals surface area (Å²) in [6, 6.07) is 23.0. The van der Waals surface area contributed by atoms with Gasteiger partial charge in [-0.3, -0.25) is 0 Å². The molecule has 1 heterocycles. The number of benzene rings is 3. The molecule has 1 amide bonds. The van der Waals surface area contributed by atoms with Gasteiger partial charge in [-0.25, -0.2) is 9.18 Å². The minimum absolute atomic E-state index is 0. The number of carbonyl (C=O) groups is 1. The molecule has 0 saturated carbocycles. The first-order chi connectivity index (χ1) is 14.7. The molecule has 1 saturated heterocycles. The Bertz CT molecular complexity index is 1040. The summed E-state index contributed by atoms with van der Waals surface area (Å²) >= 11 is 0. The third-order valence-electron chi connectivity index (χ3n) is 6.17. The van der Waals surface area contributed by atoms with Crippen LogP contribution in [0.15, 0.2) is 72.8 Å². The Balaban J connectivity index is 0.00000231. The lowest BCUT2D eigenvalue weighted by molar-refractivity contribution is 0.139. The first-order valence-corrected chi connectivity index (χ1v) is 10.3. The van der Waals surface area contributed by atoms with Gasteiger partial charge in [0.2, 0.25) is 0 Å². The number of nitrogens with one attached hydrogen (secondary N) is 2. The molecule has 31 heavy (non-hydrogen) atoms. The molecule has 0 bridgehead atoms. The number of halogens is 2. The van der Waals surface area contributed by atoms with Crippen molar-refractivity contribution >= 4 is 18.5 Å². The average molecular weight is 439 g/mol. The van der Waals surface area contributed by atoms with Gasteiger partial charge in [-0.1, -0.05) is 66.7 Å². The Kier molecular flexibility index (Phi) is 6.25. The van der Waals surface area contributed by atoms with Crippen molar-refractivity contribution < 1.29 is 13.9 Å². The van der Waals surface area contributed by atoms with Crippen LogP contribution in [0.2, 0.25) is 0 Å². The molecular formula is C25H24ClFN2O2. The van der Waals surface area contributed by atoms with E-state index in [0.717, 1.165) is 0 Å². The van der Waals surface area contributed by atoms with Gasteiger partial charge in [0, 0.05) is 24.9 Å². The maximum atomic E-state index is 14.2. The number of ether oxygens (including phenoxy) is 1. The molecular weight excluding hydrogens is 415 g/mol. The standard InChI is InChI=1S/C25H23FN2O2.ClH/c26-23-12-6-5-11-20(23)21-13-27-14-24(21)28-25(29)30-15-22-18-9-3-1-7-16(18)17-8-2-4-10-19(17)22;/h1-12,21-22,24,27H,13-15H2,(H,28,29);1H/t21-,24+;/m0./s1. The number of fused-ring (bicyclic) bond motifs is 3. The van der Waals surface area contributed by atoms with E-state index in [1.807, 2.05) is 30.3 Å². The molecule has 1 fully saturated rings. The van der Waals surface area contributed by atoms with Crippen molar-refractivity contribution in [1.29, 1.82) is 0 Å². The van der Waals surface area contributed by atoms with Crippen LogP contribution in [0.1, 0.15) is 28.5 Å². The SMILES string of the molecule is Cl.O=C(N[C@@H]1CNC[C@H]1c1ccccc1F)OCC1c2ccccc2-c2ccccc21. The average Bonchev–Trinajstić information content (AvgIpc) is 3.35. The van der Waals surface area contributed by atoms with E-state index in [1.54, 1.807) is 12.1 Å². The van der Waals surface area contributed by atoms with Crippen LogP contribution in [0.5, 0.6) is 0 Å². The lowest BCUT2D eigenvalue weighted by Crippen LogP contribution is -2.40. The Hall–Kier alpha value is -2.89. The quantitative estimate of drug-likeness (QED) is 0.612.